The number of carbonyl (C=O) groups is 2. The zero-order valence-corrected chi connectivity index (χ0v) is 15.9. The maximum absolute atomic E-state index is 12.5. The lowest BCUT2D eigenvalue weighted by Crippen LogP contribution is -2.16. The van der Waals surface area contributed by atoms with Crippen molar-refractivity contribution in [3.05, 3.63) is 71.5 Å². The third kappa shape index (κ3) is 4.44. The van der Waals surface area contributed by atoms with Crippen LogP contribution in [0.4, 0.5) is 11.5 Å². The highest BCUT2D eigenvalue weighted by atomic mass is 32.2. The number of hydrogen-bond donors (Lipinski definition) is 2. The van der Waals surface area contributed by atoms with Crippen LogP contribution >= 0.6 is 0 Å². The molecule has 0 unspecified atom stereocenters. The zero-order valence-electron chi connectivity index (χ0n) is 15.1. The summed E-state index contributed by atoms with van der Waals surface area (Å²) in [6, 6.07) is 13.4. The normalized spacial score (nSPS) is 11.1. The Morgan fingerprint density at radius 1 is 1.00 bits per heavy atom. The lowest BCUT2D eigenvalue weighted by Gasteiger charge is -2.08. The SMILES string of the molecule is CC(=O)c1ccc(NC(=O)c2cccc(S(=O)(=O)Nc3cc(C)on3)c2)cc1. The molecule has 28 heavy (non-hydrogen) atoms. The Morgan fingerprint density at radius 2 is 1.71 bits per heavy atom. The molecular weight excluding hydrogens is 382 g/mol. The number of aryl methyl sites for hydroxylation is 1. The van der Waals surface area contributed by atoms with E-state index in [2.05, 4.69) is 15.2 Å². The number of sulfonamides is 1. The molecule has 0 radical (unpaired) electrons. The van der Waals surface area contributed by atoms with Crippen LogP contribution in [0, 0.1) is 6.92 Å². The topological polar surface area (TPSA) is 118 Å². The van der Waals surface area contributed by atoms with Crippen LogP contribution in [0.5, 0.6) is 0 Å². The van der Waals surface area contributed by atoms with Crippen molar-refractivity contribution in [1.29, 1.82) is 0 Å². The van der Waals surface area contributed by atoms with Crippen LogP contribution < -0.4 is 10.0 Å². The number of nitrogens with one attached hydrogen (secondary N) is 2. The molecule has 1 amide bonds. The van der Waals surface area contributed by atoms with Gasteiger partial charge in [-0.15, -0.1) is 0 Å². The van der Waals surface area contributed by atoms with Gasteiger partial charge >= 0.3 is 0 Å². The molecule has 2 aromatic carbocycles. The second-order valence-electron chi connectivity index (χ2n) is 6.04. The molecule has 3 rings (SSSR count). The number of hydrogen-bond acceptors (Lipinski definition) is 6. The highest BCUT2D eigenvalue weighted by Crippen LogP contribution is 2.18. The first-order chi connectivity index (χ1) is 13.2. The summed E-state index contributed by atoms with van der Waals surface area (Å²) in [5.41, 5.74) is 1.18. The molecule has 0 atom stereocenters. The average Bonchev–Trinajstić information content (AvgIpc) is 3.06. The minimum Gasteiger partial charge on any atom is -0.360 e. The van der Waals surface area contributed by atoms with Gasteiger partial charge in [-0.25, -0.2) is 8.42 Å². The average molecular weight is 399 g/mol. The van der Waals surface area contributed by atoms with E-state index >= 15 is 0 Å². The maximum atomic E-state index is 12.5. The first-order valence-electron chi connectivity index (χ1n) is 8.23. The maximum Gasteiger partial charge on any atom is 0.263 e. The molecule has 0 fully saturated rings. The van der Waals surface area contributed by atoms with Gasteiger partial charge in [-0.1, -0.05) is 11.2 Å². The highest BCUT2D eigenvalue weighted by Gasteiger charge is 2.18. The van der Waals surface area contributed by atoms with Crippen LogP contribution in [0.2, 0.25) is 0 Å². The predicted octanol–water partition coefficient (Wildman–Crippen LogP) is 3.24. The number of benzene rings is 2. The van der Waals surface area contributed by atoms with Gasteiger partial charge in [0.2, 0.25) is 0 Å². The van der Waals surface area contributed by atoms with Crippen molar-refractivity contribution in [3.8, 4) is 0 Å². The minimum atomic E-state index is -3.93. The second kappa shape index (κ2) is 7.65. The molecule has 144 valence electrons. The van der Waals surface area contributed by atoms with E-state index in [9.17, 15) is 18.0 Å². The number of carbonyl (C=O) groups excluding carboxylic acids is 2. The molecule has 9 heteroatoms. The molecule has 1 heterocycles. The van der Waals surface area contributed by atoms with E-state index < -0.39 is 15.9 Å². The molecule has 0 saturated heterocycles. The molecule has 0 aliphatic rings. The van der Waals surface area contributed by atoms with Crippen LogP contribution in [-0.2, 0) is 10.0 Å². The monoisotopic (exact) mass is 399 g/mol. The van der Waals surface area contributed by atoms with E-state index in [0.29, 0.717) is 17.0 Å². The number of ketones is 1. The van der Waals surface area contributed by atoms with Crippen molar-refractivity contribution in [2.75, 3.05) is 10.0 Å². The van der Waals surface area contributed by atoms with Gasteiger partial charge in [0.15, 0.2) is 11.6 Å². The number of rotatable bonds is 6. The summed E-state index contributed by atoms with van der Waals surface area (Å²) in [7, 11) is -3.93. The minimum absolute atomic E-state index is 0.0536. The van der Waals surface area contributed by atoms with Crippen molar-refractivity contribution in [2.45, 2.75) is 18.7 Å². The standard InChI is InChI=1S/C19H17N3O5S/c1-12-10-18(21-27-12)22-28(25,26)17-5-3-4-15(11-17)19(24)20-16-8-6-14(7-9-16)13(2)23/h3-11H,1-2H3,(H,20,24)(H,21,22). The molecule has 0 bridgehead atoms. The number of aromatic nitrogens is 1. The molecule has 2 N–H and O–H groups in total. The summed E-state index contributed by atoms with van der Waals surface area (Å²) in [5.74, 6) is -0.0463. The zero-order chi connectivity index (χ0) is 20.3. The Morgan fingerprint density at radius 3 is 2.32 bits per heavy atom. The Kier molecular flexibility index (Phi) is 5.27. The quantitative estimate of drug-likeness (QED) is 0.614. The summed E-state index contributed by atoms with van der Waals surface area (Å²) in [4.78, 5) is 23.7. The van der Waals surface area contributed by atoms with Crippen molar-refractivity contribution in [2.24, 2.45) is 0 Å². The van der Waals surface area contributed by atoms with Gasteiger partial charge in [0.1, 0.15) is 5.76 Å². The summed E-state index contributed by atoms with van der Waals surface area (Å²) < 4.78 is 32.1. The first kappa shape index (κ1) is 19.3. The van der Waals surface area contributed by atoms with Gasteiger partial charge < -0.3 is 9.84 Å². The third-order valence-electron chi connectivity index (χ3n) is 3.82. The predicted molar refractivity (Wildman–Crippen MR) is 103 cm³/mol. The molecular formula is C19H17N3O5S. The largest absolute Gasteiger partial charge is 0.360 e. The van der Waals surface area contributed by atoms with E-state index in [4.69, 9.17) is 4.52 Å². The van der Waals surface area contributed by atoms with Gasteiger partial charge in [0.05, 0.1) is 4.90 Å². The number of Topliss-reactive ketones (excluding diaryl/α,β-unsaturated/α-hetero) is 1. The van der Waals surface area contributed by atoms with E-state index in [-0.39, 0.29) is 22.1 Å². The molecule has 0 aliphatic carbocycles. The second-order valence-corrected chi connectivity index (χ2v) is 7.73. The molecule has 0 saturated carbocycles. The summed E-state index contributed by atoms with van der Waals surface area (Å²) in [6.45, 7) is 3.09. The van der Waals surface area contributed by atoms with Crippen LogP contribution in [0.15, 0.2) is 64.0 Å². The summed E-state index contributed by atoms with van der Waals surface area (Å²) in [6.07, 6.45) is 0. The smallest absolute Gasteiger partial charge is 0.263 e. The molecule has 1 aromatic heterocycles. The van der Waals surface area contributed by atoms with Gasteiger partial charge in [-0.2, -0.15) is 0 Å². The van der Waals surface area contributed by atoms with Crippen molar-refractivity contribution >= 4 is 33.2 Å². The van der Waals surface area contributed by atoms with Crippen molar-refractivity contribution in [1.82, 2.24) is 5.16 Å². The molecule has 8 nitrogen and oxygen atoms in total. The van der Waals surface area contributed by atoms with Crippen LogP contribution in [-0.4, -0.2) is 25.3 Å². The van der Waals surface area contributed by atoms with E-state index in [1.54, 1.807) is 31.2 Å². The Balaban J connectivity index is 1.78. The lowest BCUT2D eigenvalue weighted by atomic mass is 10.1. The first-order valence-corrected chi connectivity index (χ1v) is 9.71. The van der Waals surface area contributed by atoms with Crippen LogP contribution in [0.25, 0.3) is 0 Å². The highest BCUT2D eigenvalue weighted by molar-refractivity contribution is 7.92. The Hall–Kier alpha value is -3.46. The van der Waals surface area contributed by atoms with Gasteiger partial charge in [0.25, 0.3) is 15.9 Å². The van der Waals surface area contributed by atoms with Gasteiger partial charge in [0, 0.05) is 22.9 Å². The van der Waals surface area contributed by atoms with E-state index in [1.165, 1.54) is 37.3 Å². The fraction of sp³-hybridized carbons (Fsp3) is 0.105. The summed E-state index contributed by atoms with van der Waals surface area (Å²) in [5, 5.41) is 6.25. The molecule has 0 aliphatic heterocycles. The lowest BCUT2D eigenvalue weighted by molar-refractivity contribution is 0.101. The van der Waals surface area contributed by atoms with Crippen molar-refractivity contribution in [3.63, 3.8) is 0 Å². The van der Waals surface area contributed by atoms with E-state index in [1.807, 2.05) is 0 Å². The van der Waals surface area contributed by atoms with Crippen LogP contribution in [0.3, 0.4) is 0 Å². The van der Waals surface area contributed by atoms with Gasteiger partial charge in [-0.3, -0.25) is 14.3 Å². The number of amides is 1. The fourth-order valence-corrected chi connectivity index (χ4v) is 3.44. The third-order valence-corrected chi connectivity index (χ3v) is 5.18. The molecule has 0 spiro atoms. The number of nitrogens with zero attached hydrogens (tertiary/aromatic N) is 1. The fourth-order valence-electron chi connectivity index (χ4n) is 2.41. The Labute approximate surface area is 161 Å². The summed E-state index contributed by atoms with van der Waals surface area (Å²) >= 11 is 0. The van der Waals surface area contributed by atoms with Crippen molar-refractivity contribution < 1.29 is 22.5 Å². The van der Waals surface area contributed by atoms with Crippen LogP contribution in [0.1, 0.15) is 33.4 Å². The van der Waals surface area contributed by atoms with E-state index in [0.717, 1.165) is 0 Å². The number of anilines is 2. The molecule has 3 aromatic rings. The van der Waals surface area contributed by atoms with Gasteiger partial charge in [-0.05, 0) is 56.3 Å². The Bertz CT molecular complexity index is 1130.